The normalized spacial score (nSPS) is 50.0. The lowest BCUT2D eigenvalue weighted by atomic mass is 9.51. The Balaban J connectivity index is 1.88. The van der Waals surface area contributed by atoms with Gasteiger partial charge in [0.2, 0.25) is 0 Å². The highest BCUT2D eigenvalue weighted by molar-refractivity contribution is 5.67. The first-order chi connectivity index (χ1) is 12.6. The second-order valence-corrected chi connectivity index (χ2v) is 8.45. The Hall–Kier alpha value is -1.48. The third-order valence-electron chi connectivity index (χ3n) is 7.18. The van der Waals surface area contributed by atoms with Gasteiger partial charge in [-0.25, -0.2) is 0 Å². The standard InChI is InChI=1S/C19H26O8/c1-9-5-13-18(6-12(9)22,7-24-10(2)20)17(4)15(26-11(3)21)14(23)16(27-13)19(17)8-25-19/h5,12-16,22-23H,6-8H2,1-4H3/t12-,13+,14-,15+,16-,17-,18+,19-/m0/s1. The summed E-state index contributed by atoms with van der Waals surface area (Å²) in [6.07, 6.45) is -1.86. The van der Waals surface area contributed by atoms with Crippen LogP contribution in [0.15, 0.2) is 11.6 Å². The molecule has 8 atom stereocenters. The molecule has 0 unspecified atom stereocenters. The Labute approximate surface area is 157 Å². The highest BCUT2D eigenvalue weighted by Gasteiger charge is 2.86. The van der Waals surface area contributed by atoms with E-state index in [4.69, 9.17) is 18.9 Å². The number of carbonyl (C=O) groups excluding carboxylic acids is 2. The maximum atomic E-state index is 11.8. The molecule has 2 heterocycles. The van der Waals surface area contributed by atoms with Crippen LogP contribution in [0.5, 0.6) is 0 Å². The van der Waals surface area contributed by atoms with Crippen LogP contribution in [-0.2, 0) is 28.5 Å². The number of aliphatic hydroxyl groups is 2. The van der Waals surface area contributed by atoms with Crippen molar-refractivity contribution in [3.63, 3.8) is 0 Å². The predicted octanol–water partition coefficient (Wildman–Crippen LogP) is 0.0957. The summed E-state index contributed by atoms with van der Waals surface area (Å²) in [5.74, 6) is -0.978. The molecule has 2 N–H and O–H groups in total. The van der Waals surface area contributed by atoms with Gasteiger partial charge in [-0.1, -0.05) is 13.0 Å². The molecule has 8 nitrogen and oxygen atoms in total. The van der Waals surface area contributed by atoms with Gasteiger partial charge in [-0.2, -0.15) is 0 Å². The zero-order valence-corrected chi connectivity index (χ0v) is 15.9. The largest absolute Gasteiger partial charge is 0.465 e. The zero-order valence-electron chi connectivity index (χ0n) is 15.9. The maximum Gasteiger partial charge on any atom is 0.303 e. The highest BCUT2D eigenvalue weighted by atomic mass is 16.7. The topological polar surface area (TPSA) is 115 Å². The molecule has 2 saturated heterocycles. The van der Waals surface area contributed by atoms with Gasteiger partial charge < -0.3 is 29.2 Å². The highest BCUT2D eigenvalue weighted by Crippen LogP contribution is 2.72. The van der Waals surface area contributed by atoms with E-state index in [1.165, 1.54) is 13.8 Å². The molecular formula is C19H26O8. The van der Waals surface area contributed by atoms with E-state index in [2.05, 4.69) is 0 Å². The predicted molar refractivity (Wildman–Crippen MR) is 90.5 cm³/mol. The Kier molecular flexibility index (Phi) is 4.03. The lowest BCUT2D eigenvalue weighted by Crippen LogP contribution is -2.67. The van der Waals surface area contributed by atoms with Crippen molar-refractivity contribution in [2.75, 3.05) is 13.2 Å². The van der Waals surface area contributed by atoms with Crippen LogP contribution in [0.2, 0.25) is 0 Å². The fourth-order valence-corrected chi connectivity index (χ4v) is 5.60. The van der Waals surface area contributed by atoms with Crippen LogP contribution >= 0.6 is 0 Å². The Bertz CT molecular complexity index is 712. The molecule has 2 bridgehead atoms. The van der Waals surface area contributed by atoms with Crippen molar-refractivity contribution in [1.29, 1.82) is 0 Å². The zero-order chi connectivity index (χ0) is 19.8. The molecule has 1 spiro atoms. The molecular weight excluding hydrogens is 356 g/mol. The molecule has 27 heavy (non-hydrogen) atoms. The van der Waals surface area contributed by atoms with Crippen molar-refractivity contribution < 1.29 is 38.7 Å². The van der Waals surface area contributed by atoms with Gasteiger partial charge in [0.1, 0.15) is 30.5 Å². The van der Waals surface area contributed by atoms with Crippen LogP contribution in [0.3, 0.4) is 0 Å². The van der Waals surface area contributed by atoms with Crippen molar-refractivity contribution in [1.82, 2.24) is 0 Å². The summed E-state index contributed by atoms with van der Waals surface area (Å²) in [4.78, 5) is 23.4. The van der Waals surface area contributed by atoms with Crippen LogP contribution in [0.1, 0.15) is 34.1 Å². The molecule has 0 aromatic heterocycles. The lowest BCUT2D eigenvalue weighted by molar-refractivity contribution is -0.239. The van der Waals surface area contributed by atoms with E-state index >= 15 is 0 Å². The number of epoxide rings is 1. The van der Waals surface area contributed by atoms with Gasteiger partial charge in [0.05, 0.1) is 24.2 Å². The molecule has 4 rings (SSSR count). The minimum absolute atomic E-state index is 0.0351. The minimum Gasteiger partial charge on any atom is -0.465 e. The van der Waals surface area contributed by atoms with Crippen LogP contribution < -0.4 is 0 Å². The third kappa shape index (κ3) is 2.24. The van der Waals surface area contributed by atoms with Crippen molar-refractivity contribution >= 4 is 11.9 Å². The monoisotopic (exact) mass is 382 g/mol. The van der Waals surface area contributed by atoms with Gasteiger partial charge in [0.25, 0.3) is 0 Å². The number of carbonyl (C=O) groups is 2. The van der Waals surface area contributed by atoms with Gasteiger partial charge in [0.15, 0.2) is 0 Å². The Morgan fingerprint density at radius 1 is 1.30 bits per heavy atom. The SMILES string of the molecule is CC(=O)OC[C@]12C[C@H](O)C(C)=C[C@H]1O[C@H]1[C@@H](O)[C@@H](OC(C)=O)[C@]2(C)[C@]12CO2. The molecule has 2 aliphatic heterocycles. The fourth-order valence-electron chi connectivity index (χ4n) is 5.60. The summed E-state index contributed by atoms with van der Waals surface area (Å²) in [6, 6.07) is 0. The molecule has 0 aromatic rings. The van der Waals surface area contributed by atoms with Crippen LogP contribution in [-0.4, -0.2) is 71.5 Å². The quantitative estimate of drug-likeness (QED) is 0.401. The lowest BCUT2D eigenvalue weighted by Gasteiger charge is -2.58. The molecule has 3 fully saturated rings. The van der Waals surface area contributed by atoms with Gasteiger partial charge >= 0.3 is 11.9 Å². The van der Waals surface area contributed by atoms with E-state index in [0.29, 0.717) is 6.61 Å². The van der Waals surface area contributed by atoms with Crippen molar-refractivity contribution in [2.45, 2.75) is 70.2 Å². The maximum absolute atomic E-state index is 11.8. The summed E-state index contributed by atoms with van der Waals surface area (Å²) >= 11 is 0. The second-order valence-electron chi connectivity index (χ2n) is 8.45. The van der Waals surface area contributed by atoms with E-state index in [9.17, 15) is 19.8 Å². The molecule has 4 aliphatic rings. The number of rotatable bonds is 3. The molecule has 0 amide bonds. The number of esters is 2. The molecule has 8 heteroatoms. The van der Waals surface area contributed by atoms with Crippen LogP contribution in [0.25, 0.3) is 0 Å². The summed E-state index contributed by atoms with van der Waals surface area (Å²) < 4.78 is 23.1. The average molecular weight is 382 g/mol. The number of fused-ring (bicyclic) bond motifs is 2. The van der Waals surface area contributed by atoms with E-state index in [-0.39, 0.29) is 13.0 Å². The van der Waals surface area contributed by atoms with Gasteiger partial charge in [-0.05, 0) is 18.9 Å². The second kappa shape index (κ2) is 5.76. The molecule has 2 aliphatic carbocycles. The van der Waals surface area contributed by atoms with E-state index in [1.807, 2.05) is 19.9 Å². The summed E-state index contributed by atoms with van der Waals surface area (Å²) in [5.41, 5.74) is -1.91. The van der Waals surface area contributed by atoms with Crippen molar-refractivity contribution in [3.05, 3.63) is 11.6 Å². The third-order valence-corrected chi connectivity index (χ3v) is 7.18. The Morgan fingerprint density at radius 3 is 2.52 bits per heavy atom. The van der Waals surface area contributed by atoms with E-state index < -0.39 is 58.9 Å². The smallest absolute Gasteiger partial charge is 0.303 e. The Morgan fingerprint density at radius 2 is 1.96 bits per heavy atom. The summed E-state index contributed by atoms with van der Waals surface area (Å²) in [6.45, 7) is 6.61. The van der Waals surface area contributed by atoms with E-state index in [1.54, 1.807) is 0 Å². The first-order valence-electron chi connectivity index (χ1n) is 9.23. The van der Waals surface area contributed by atoms with E-state index in [0.717, 1.165) is 5.57 Å². The first kappa shape index (κ1) is 18.9. The van der Waals surface area contributed by atoms with Gasteiger partial charge in [0, 0.05) is 19.3 Å². The number of hydrogen-bond acceptors (Lipinski definition) is 8. The van der Waals surface area contributed by atoms with Gasteiger partial charge in [-0.3, -0.25) is 9.59 Å². The van der Waals surface area contributed by atoms with Crippen LogP contribution in [0, 0.1) is 10.8 Å². The van der Waals surface area contributed by atoms with Crippen molar-refractivity contribution in [3.8, 4) is 0 Å². The molecule has 1 saturated carbocycles. The molecule has 0 aromatic carbocycles. The van der Waals surface area contributed by atoms with Gasteiger partial charge in [-0.15, -0.1) is 0 Å². The minimum atomic E-state index is -1.08. The molecule has 150 valence electrons. The number of hydrogen-bond donors (Lipinski definition) is 2. The molecule has 0 radical (unpaired) electrons. The fraction of sp³-hybridized carbons (Fsp3) is 0.789. The first-order valence-corrected chi connectivity index (χ1v) is 9.23. The summed E-state index contributed by atoms with van der Waals surface area (Å²) in [5, 5.41) is 21.6. The van der Waals surface area contributed by atoms with Crippen molar-refractivity contribution in [2.24, 2.45) is 10.8 Å². The summed E-state index contributed by atoms with van der Waals surface area (Å²) in [7, 11) is 0. The number of aliphatic hydroxyl groups excluding tert-OH is 2. The van der Waals surface area contributed by atoms with Crippen LogP contribution in [0.4, 0.5) is 0 Å². The number of ether oxygens (including phenoxy) is 4. The average Bonchev–Trinajstić information content (AvgIpc) is 3.36.